The molecule has 0 saturated carbocycles. The molecule has 0 bridgehead atoms. The minimum Gasteiger partial charge on any atom is -1.00 e. The molecule has 0 aromatic carbocycles. The molecule has 1 aromatic rings. The molecule has 0 N–H and O–H groups in total. The number of aryl methyl sites for hydroxylation is 2. The van der Waals surface area contributed by atoms with Crippen molar-refractivity contribution in [1.82, 2.24) is 0 Å². The zero-order valence-corrected chi connectivity index (χ0v) is 7.42. The second kappa shape index (κ2) is 3.25. The van der Waals surface area contributed by atoms with Crippen molar-refractivity contribution in [2.45, 2.75) is 6.92 Å². The largest absolute Gasteiger partial charge is 1.00 e. The Morgan fingerprint density at radius 3 is 2.25 bits per heavy atom. The van der Waals surface area contributed by atoms with E-state index in [1.54, 1.807) is 0 Å². The molecule has 46 valence electrons. The van der Waals surface area contributed by atoms with Gasteiger partial charge in [0.15, 0.2) is 0 Å². The van der Waals surface area contributed by atoms with Crippen LogP contribution in [0, 0.1) is 6.92 Å². The molecule has 8 heavy (non-hydrogen) atoms. The lowest BCUT2D eigenvalue weighted by atomic mass is 10.5. The maximum absolute atomic E-state index is 2.23. The van der Waals surface area contributed by atoms with E-state index in [4.69, 9.17) is 0 Å². The van der Waals surface area contributed by atoms with Gasteiger partial charge in [-0.25, -0.2) is 0 Å². The third-order valence-corrected chi connectivity index (χ3v) is 2.84. The van der Waals surface area contributed by atoms with Gasteiger partial charge in [-0.3, -0.25) is 0 Å². The molecular weight excluding hydrogens is 184 g/mol. The second-order valence-corrected chi connectivity index (χ2v) is 3.69. The quantitative estimate of drug-likeness (QED) is 0.477. The van der Waals surface area contributed by atoms with Gasteiger partial charge in [-0.15, -0.1) is 0 Å². The minimum absolute atomic E-state index is 0. The third kappa shape index (κ3) is 1.60. The van der Waals surface area contributed by atoms with Crippen molar-refractivity contribution in [3.63, 3.8) is 0 Å². The smallest absolute Gasteiger partial charge is 0.146 e. The average Bonchev–Trinajstić information content (AvgIpc) is 1.91. The van der Waals surface area contributed by atoms with Crippen molar-refractivity contribution in [1.29, 1.82) is 0 Å². The summed E-state index contributed by atoms with van der Waals surface area (Å²) in [5, 5.41) is 2.23. The predicted molar refractivity (Wildman–Crippen MR) is 34.6 cm³/mol. The highest BCUT2D eigenvalue weighted by Gasteiger charge is 1.96. The van der Waals surface area contributed by atoms with Crippen LogP contribution in [0.1, 0.15) is 4.88 Å². The maximum atomic E-state index is 2.23. The van der Waals surface area contributed by atoms with Crippen LogP contribution in [0.5, 0.6) is 0 Å². The number of hydrogen-bond donors (Lipinski definition) is 0. The molecule has 1 unspecified atom stereocenters. The number of hydrogen-bond acceptors (Lipinski definition) is 0. The highest BCUT2D eigenvalue weighted by molar-refractivity contribution is 7.28. The first-order chi connectivity index (χ1) is 3.30. The van der Waals surface area contributed by atoms with Gasteiger partial charge in [-0.05, 0) is 22.6 Å². The van der Waals surface area contributed by atoms with Gasteiger partial charge < -0.3 is 17.0 Å². The van der Waals surface area contributed by atoms with E-state index in [9.17, 15) is 0 Å². The molecule has 1 aromatic heterocycles. The Morgan fingerprint density at radius 2 is 2.12 bits per heavy atom. The monoisotopic (exact) mass is 192 g/mol. The van der Waals surface area contributed by atoms with Crippen LogP contribution in [0.25, 0.3) is 0 Å². The van der Waals surface area contributed by atoms with Crippen LogP contribution in [-0.4, -0.2) is 0 Å². The molecule has 0 amide bonds. The van der Waals surface area contributed by atoms with Crippen LogP contribution < -0.4 is 17.0 Å². The van der Waals surface area contributed by atoms with E-state index in [1.807, 2.05) is 0 Å². The molecule has 0 spiro atoms. The van der Waals surface area contributed by atoms with Crippen molar-refractivity contribution < 1.29 is 17.0 Å². The predicted octanol–water partition coefficient (Wildman–Crippen LogP) is -0.715. The zero-order chi connectivity index (χ0) is 5.28. The van der Waals surface area contributed by atoms with E-state index in [-0.39, 0.29) is 17.0 Å². The highest BCUT2D eigenvalue weighted by atomic mass is 79.9. The minimum atomic E-state index is 0. The fourth-order valence-electron chi connectivity index (χ4n) is 0.507. The Hall–Kier alpha value is 0.180. The third-order valence-electron chi connectivity index (χ3n) is 1.12. The van der Waals surface area contributed by atoms with Crippen molar-refractivity contribution in [2.75, 3.05) is 0 Å². The molecule has 0 saturated heterocycles. The summed E-state index contributed by atoms with van der Waals surface area (Å²) in [6, 6.07) is 4.29. The molecular formula is C6H9BrS. The summed E-state index contributed by atoms with van der Waals surface area (Å²) < 4.78 is 0. The molecule has 2 heteroatoms. The lowest BCUT2D eigenvalue weighted by Gasteiger charge is -1.70. The Bertz CT molecular complexity index is 141. The molecule has 0 aliphatic carbocycles. The standard InChI is InChI=1S/C6H9S.BrH/c1-6-4-3-5-7(6)2;/h3-5H,1-2H3;1H/q+1;/p-1. The molecule has 1 atom stereocenters. The summed E-state index contributed by atoms with van der Waals surface area (Å²) in [6.45, 7) is 2.17. The van der Waals surface area contributed by atoms with E-state index < -0.39 is 0 Å². The Balaban J connectivity index is 0.000000490. The van der Waals surface area contributed by atoms with Crippen LogP contribution >= 0.6 is 10.5 Å². The van der Waals surface area contributed by atoms with Gasteiger partial charge in [0.05, 0.1) is 0 Å². The summed E-state index contributed by atoms with van der Waals surface area (Å²) in [7, 11) is 0.463. The first kappa shape index (κ1) is 8.18. The normalized spacial score (nSPS) is 10.5. The summed E-state index contributed by atoms with van der Waals surface area (Å²) in [6.07, 6.45) is 2.23. The van der Waals surface area contributed by atoms with Crippen LogP contribution in [0.15, 0.2) is 17.5 Å². The molecule has 0 aliphatic rings. The average molecular weight is 193 g/mol. The van der Waals surface area contributed by atoms with Crippen molar-refractivity contribution >= 4 is 10.5 Å². The summed E-state index contributed by atoms with van der Waals surface area (Å²) >= 11 is 0. The zero-order valence-electron chi connectivity index (χ0n) is 5.02. The number of rotatable bonds is 0. The first-order valence-corrected chi connectivity index (χ1v) is 4.00. The van der Waals surface area contributed by atoms with Crippen LogP contribution in [0.3, 0.4) is 0 Å². The van der Waals surface area contributed by atoms with E-state index >= 15 is 0 Å². The van der Waals surface area contributed by atoms with Gasteiger partial charge >= 0.3 is 0 Å². The second-order valence-electron chi connectivity index (χ2n) is 1.66. The summed E-state index contributed by atoms with van der Waals surface area (Å²) in [4.78, 5) is 1.50. The van der Waals surface area contributed by atoms with Gasteiger partial charge in [0.25, 0.3) is 0 Å². The van der Waals surface area contributed by atoms with Gasteiger partial charge in [0, 0.05) is 6.92 Å². The van der Waals surface area contributed by atoms with Gasteiger partial charge in [-0.2, -0.15) is 0 Å². The summed E-state index contributed by atoms with van der Waals surface area (Å²) in [5.41, 5.74) is 0. The summed E-state index contributed by atoms with van der Waals surface area (Å²) in [5.74, 6) is 0. The number of thiophene rings is 1. The Morgan fingerprint density at radius 1 is 1.50 bits per heavy atom. The lowest BCUT2D eigenvalue weighted by molar-refractivity contribution is -0.00000157. The highest BCUT2D eigenvalue weighted by Crippen LogP contribution is 2.17. The fourth-order valence-corrected chi connectivity index (χ4v) is 1.33. The maximum Gasteiger partial charge on any atom is 0.146 e. The van der Waals surface area contributed by atoms with E-state index in [0.717, 1.165) is 0 Å². The van der Waals surface area contributed by atoms with Crippen LogP contribution in [0.2, 0.25) is 0 Å². The molecule has 0 fully saturated rings. The lowest BCUT2D eigenvalue weighted by Crippen LogP contribution is -3.00. The molecule has 1 heterocycles. The van der Waals surface area contributed by atoms with E-state index in [1.165, 1.54) is 4.88 Å². The topological polar surface area (TPSA) is 0 Å². The fraction of sp³-hybridized carbons (Fsp3) is 0.333. The molecule has 0 nitrogen and oxygen atoms in total. The van der Waals surface area contributed by atoms with Crippen molar-refractivity contribution in [3.8, 4) is 0 Å². The SMILES string of the molecule is Cc1ccc[s+]1C.[Br-]. The van der Waals surface area contributed by atoms with Crippen LogP contribution in [-0.2, 0) is 6.26 Å². The molecule has 1 rings (SSSR count). The Kier molecular flexibility index (Phi) is 3.33. The van der Waals surface area contributed by atoms with Gasteiger partial charge in [0.1, 0.15) is 16.5 Å². The molecule has 0 radical (unpaired) electrons. The molecule has 0 aliphatic heterocycles. The Labute approximate surface area is 63.3 Å². The number of halogens is 1. The van der Waals surface area contributed by atoms with Crippen LogP contribution in [0.4, 0.5) is 0 Å². The van der Waals surface area contributed by atoms with E-state index in [0.29, 0.717) is 10.5 Å². The van der Waals surface area contributed by atoms with Gasteiger partial charge in [-0.1, -0.05) is 0 Å². The van der Waals surface area contributed by atoms with Crippen molar-refractivity contribution in [3.05, 3.63) is 22.4 Å². The first-order valence-electron chi connectivity index (χ1n) is 2.30. The van der Waals surface area contributed by atoms with Crippen molar-refractivity contribution in [2.24, 2.45) is 6.26 Å². The van der Waals surface area contributed by atoms with Gasteiger partial charge in [0.2, 0.25) is 0 Å². The van der Waals surface area contributed by atoms with E-state index in [2.05, 4.69) is 30.7 Å².